The summed E-state index contributed by atoms with van der Waals surface area (Å²) in [5, 5.41) is 2.81. The zero-order chi connectivity index (χ0) is 19.6. The van der Waals surface area contributed by atoms with Crippen LogP contribution >= 0.6 is 0 Å². The molecule has 7 heteroatoms. The Bertz CT molecular complexity index is 755. The van der Waals surface area contributed by atoms with E-state index >= 15 is 0 Å². The fourth-order valence-electron chi connectivity index (χ4n) is 2.92. The van der Waals surface area contributed by atoms with Gasteiger partial charge < -0.3 is 19.4 Å². The third-order valence-corrected chi connectivity index (χ3v) is 4.06. The Morgan fingerprint density at radius 3 is 2.70 bits per heavy atom. The summed E-state index contributed by atoms with van der Waals surface area (Å²) in [5.74, 6) is 0.540. The molecule has 0 bridgehead atoms. The highest BCUT2D eigenvalue weighted by Crippen LogP contribution is 2.18. The molecule has 1 amide bonds. The minimum absolute atomic E-state index is 0.0938. The summed E-state index contributed by atoms with van der Waals surface area (Å²) in [6, 6.07) is 7.81. The first-order chi connectivity index (χ1) is 13.0. The van der Waals surface area contributed by atoms with Crippen molar-refractivity contribution in [2.75, 3.05) is 20.3 Å². The van der Waals surface area contributed by atoms with E-state index in [-0.39, 0.29) is 31.1 Å². The quantitative estimate of drug-likeness (QED) is 0.482. The largest absolute Gasteiger partial charge is 0.462 e. The predicted molar refractivity (Wildman–Crippen MR) is 103 cm³/mol. The van der Waals surface area contributed by atoms with Crippen LogP contribution in [0.2, 0.25) is 0 Å². The van der Waals surface area contributed by atoms with Gasteiger partial charge in [0.2, 0.25) is 5.91 Å². The monoisotopic (exact) mass is 375 g/mol. The molecule has 2 aromatic rings. The number of nitrogens with one attached hydrogen (secondary N) is 1. The maximum absolute atomic E-state index is 12.1. The molecule has 2 rings (SSSR count). The van der Waals surface area contributed by atoms with E-state index in [4.69, 9.17) is 9.47 Å². The molecule has 1 aromatic carbocycles. The number of aryl methyl sites for hydroxylation is 1. The van der Waals surface area contributed by atoms with Gasteiger partial charge in [0.25, 0.3) is 0 Å². The van der Waals surface area contributed by atoms with Crippen LogP contribution in [0.25, 0.3) is 11.0 Å². The van der Waals surface area contributed by atoms with Crippen molar-refractivity contribution in [2.45, 2.75) is 52.2 Å². The maximum atomic E-state index is 12.1. The van der Waals surface area contributed by atoms with Gasteiger partial charge in [0.15, 0.2) is 0 Å². The molecule has 0 atom stereocenters. The van der Waals surface area contributed by atoms with E-state index in [9.17, 15) is 9.59 Å². The van der Waals surface area contributed by atoms with Gasteiger partial charge in [0.05, 0.1) is 17.1 Å². The number of ether oxygens (including phenoxy) is 2. The lowest BCUT2D eigenvalue weighted by Gasteiger charge is -2.11. The van der Waals surface area contributed by atoms with Crippen molar-refractivity contribution in [3.8, 4) is 0 Å². The first-order valence-electron chi connectivity index (χ1n) is 9.40. The average molecular weight is 375 g/mol. The van der Waals surface area contributed by atoms with Gasteiger partial charge in [-0.25, -0.2) is 4.98 Å². The second-order valence-corrected chi connectivity index (χ2v) is 6.74. The van der Waals surface area contributed by atoms with E-state index in [1.165, 1.54) is 7.11 Å². The summed E-state index contributed by atoms with van der Waals surface area (Å²) < 4.78 is 12.0. The first-order valence-corrected chi connectivity index (χ1v) is 9.40. The molecule has 7 nitrogen and oxygen atoms in total. The average Bonchev–Trinajstić information content (AvgIpc) is 2.95. The minimum Gasteiger partial charge on any atom is -0.462 e. The van der Waals surface area contributed by atoms with Crippen molar-refractivity contribution in [1.82, 2.24) is 14.9 Å². The molecule has 27 heavy (non-hydrogen) atoms. The number of esters is 1. The molecule has 1 aromatic heterocycles. The number of methoxy groups -OCH3 is 1. The molecule has 0 aliphatic rings. The van der Waals surface area contributed by atoms with Gasteiger partial charge in [-0.05, 0) is 38.8 Å². The SMILES string of the molecule is COCC(=O)NCCCCCc1nc2ccccc2n1CC(=O)OC(C)C. The van der Waals surface area contributed by atoms with Crippen LogP contribution in [0.1, 0.15) is 38.9 Å². The Balaban J connectivity index is 1.91. The number of hydrogen-bond donors (Lipinski definition) is 1. The number of carbonyl (C=O) groups is 2. The maximum Gasteiger partial charge on any atom is 0.326 e. The fraction of sp³-hybridized carbons (Fsp3) is 0.550. The normalized spacial score (nSPS) is 11.1. The molecular formula is C20H29N3O4. The summed E-state index contributed by atoms with van der Waals surface area (Å²) in [5.41, 5.74) is 1.83. The molecular weight excluding hydrogens is 346 g/mol. The summed E-state index contributed by atoms with van der Waals surface area (Å²) in [6.07, 6.45) is 3.43. The number of unbranched alkanes of at least 4 members (excludes halogenated alkanes) is 2. The van der Waals surface area contributed by atoms with Crippen molar-refractivity contribution < 1.29 is 19.1 Å². The molecule has 0 radical (unpaired) electrons. The molecule has 0 unspecified atom stereocenters. The molecule has 1 N–H and O–H groups in total. The van der Waals surface area contributed by atoms with Crippen molar-refractivity contribution in [1.29, 1.82) is 0 Å². The Labute approximate surface area is 160 Å². The standard InChI is InChI=1S/C20H29N3O4/c1-15(2)27-20(25)13-23-17-10-7-6-9-16(17)22-18(23)11-5-4-8-12-21-19(24)14-26-3/h6-7,9-10,15H,4-5,8,11-14H2,1-3H3,(H,21,24). The summed E-state index contributed by atoms with van der Waals surface area (Å²) in [4.78, 5) is 28.1. The van der Waals surface area contributed by atoms with Crippen LogP contribution in [0.5, 0.6) is 0 Å². The van der Waals surface area contributed by atoms with Crippen LogP contribution in [0.4, 0.5) is 0 Å². The zero-order valence-electron chi connectivity index (χ0n) is 16.4. The third kappa shape index (κ3) is 6.67. The number of amides is 1. The molecule has 0 spiro atoms. The smallest absolute Gasteiger partial charge is 0.326 e. The zero-order valence-corrected chi connectivity index (χ0v) is 16.4. The van der Waals surface area contributed by atoms with Gasteiger partial charge >= 0.3 is 5.97 Å². The lowest BCUT2D eigenvalue weighted by Crippen LogP contribution is -2.27. The third-order valence-electron chi connectivity index (χ3n) is 4.06. The Kier molecular flexibility index (Phi) is 8.26. The molecule has 0 aliphatic heterocycles. The van der Waals surface area contributed by atoms with Gasteiger partial charge in [0, 0.05) is 20.1 Å². The highest BCUT2D eigenvalue weighted by atomic mass is 16.5. The highest BCUT2D eigenvalue weighted by molar-refractivity contribution is 5.79. The number of benzene rings is 1. The number of nitrogens with zero attached hydrogens (tertiary/aromatic N) is 2. The van der Waals surface area contributed by atoms with Gasteiger partial charge in [-0.2, -0.15) is 0 Å². The van der Waals surface area contributed by atoms with Crippen molar-refractivity contribution in [3.05, 3.63) is 30.1 Å². The molecule has 0 saturated heterocycles. The number of hydrogen-bond acceptors (Lipinski definition) is 5. The van der Waals surface area contributed by atoms with Gasteiger partial charge in [0.1, 0.15) is 19.0 Å². The van der Waals surface area contributed by atoms with Gasteiger partial charge in [-0.1, -0.05) is 18.6 Å². The summed E-state index contributed by atoms with van der Waals surface area (Å²) in [7, 11) is 1.50. The number of imidazole rings is 1. The van der Waals surface area contributed by atoms with Crippen LogP contribution in [-0.4, -0.2) is 47.8 Å². The fourth-order valence-corrected chi connectivity index (χ4v) is 2.92. The Morgan fingerprint density at radius 1 is 1.19 bits per heavy atom. The van der Waals surface area contributed by atoms with Crippen molar-refractivity contribution >= 4 is 22.9 Å². The van der Waals surface area contributed by atoms with Crippen LogP contribution in [0.15, 0.2) is 24.3 Å². The highest BCUT2D eigenvalue weighted by Gasteiger charge is 2.15. The number of aromatic nitrogens is 2. The molecule has 0 aliphatic carbocycles. The van der Waals surface area contributed by atoms with E-state index in [1.807, 2.05) is 42.7 Å². The van der Waals surface area contributed by atoms with Crippen LogP contribution in [0.3, 0.4) is 0 Å². The second kappa shape index (κ2) is 10.7. The molecule has 0 saturated carbocycles. The lowest BCUT2D eigenvalue weighted by atomic mass is 10.2. The van der Waals surface area contributed by atoms with Crippen molar-refractivity contribution in [2.24, 2.45) is 0 Å². The second-order valence-electron chi connectivity index (χ2n) is 6.74. The van der Waals surface area contributed by atoms with E-state index in [0.29, 0.717) is 6.54 Å². The Hall–Kier alpha value is -2.41. The van der Waals surface area contributed by atoms with Crippen LogP contribution < -0.4 is 5.32 Å². The topological polar surface area (TPSA) is 82.5 Å². The number of para-hydroxylation sites is 2. The van der Waals surface area contributed by atoms with E-state index in [2.05, 4.69) is 10.3 Å². The van der Waals surface area contributed by atoms with E-state index in [1.54, 1.807) is 0 Å². The van der Waals surface area contributed by atoms with E-state index < -0.39 is 0 Å². The molecule has 1 heterocycles. The molecule has 148 valence electrons. The summed E-state index contributed by atoms with van der Waals surface area (Å²) in [6.45, 7) is 4.59. The van der Waals surface area contributed by atoms with Crippen LogP contribution in [-0.2, 0) is 32.0 Å². The Morgan fingerprint density at radius 2 is 1.96 bits per heavy atom. The number of rotatable bonds is 11. The minimum atomic E-state index is -0.254. The predicted octanol–water partition coefficient (Wildman–Crippen LogP) is 2.46. The first kappa shape index (κ1) is 20.9. The van der Waals surface area contributed by atoms with Crippen LogP contribution in [0, 0.1) is 0 Å². The number of fused-ring (bicyclic) bond motifs is 1. The van der Waals surface area contributed by atoms with Crippen molar-refractivity contribution in [3.63, 3.8) is 0 Å². The van der Waals surface area contributed by atoms with Gasteiger partial charge in [-0.3, -0.25) is 9.59 Å². The summed E-state index contributed by atoms with van der Waals surface area (Å²) >= 11 is 0. The molecule has 0 fully saturated rings. The lowest BCUT2D eigenvalue weighted by molar-refractivity contribution is -0.148. The number of carbonyl (C=O) groups excluding carboxylic acids is 2. The van der Waals surface area contributed by atoms with E-state index in [0.717, 1.165) is 42.5 Å². The van der Waals surface area contributed by atoms with Gasteiger partial charge in [-0.15, -0.1) is 0 Å².